The fourth-order valence-electron chi connectivity index (χ4n) is 3.47. The first kappa shape index (κ1) is 20.9. The van der Waals surface area contributed by atoms with Crippen molar-refractivity contribution in [1.82, 2.24) is 4.90 Å². The maximum Gasteiger partial charge on any atom is 0.278 e. The number of rotatable bonds is 7. The van der Waals surface area contributed by atoms with Gasteiger partial charge >= 0.3 is 0 Å². The number of imide groups is 1. The second-order valence-corrected chi connectivity index (χ2v) is 7.11. The second kappa shape index (κ2) is 8.81. The number of nitrogens with zero attached hydrogens (tertiary/aromatic N) is 1. The topological polar surface area (TPSA) is 101 Å². The zero-order chi connectivity index (χ0) is 22.7. The van der Waals surface area contributed by atoms with Gasteiger partial charge in [-0.05, 0) is 42.0 Å². The number of anilines is 2. The molecule has 8 heteroatoms. The number of carbonyl (C=O) groups excluding carboxylic acids is 3. The van der Waals surface area contributed by atoms with E-state index < -0.39 is 11.8 Å². The lowest BCUT2D eigenvalue weighted by molar-refractivity contribution is -0.137. The molecule has 0 aliphatic carbocycles. The molecule has 1 aromatic heterocycles. The highest BCUT2D eigenvalue weighted by Crippen LogP contribution is 2.34. The number of hydrogen-bond donors (Lipinski definition) is 2. The summed E-state index contributed by atoms with van der Waals surface area (Å²) in [5.74, 6) is -0.0998. The Morgan fingerprint density at radius 1 is 1.00 bits per heavy atom. The molecule has 0 saturated carbocycles. The number of hydrogen-bond acceptors (Lipinski definition) is 6. The van der Waals surface area contributed by atoms with Gasteiger partial charge in [0.05, 0.1) is 31.2 Å². The molecule has 2 heterocycles. The summed E-state index contributed by atoms with van der Waals surface area (Å²) < 4.78 is 10.7. The number of carbonyl (C=O) groups is 3. The summed E-state index contributed by atoms with van der Waals surface area (Å²) in [7, 11) is 1.53. The molecule has 0 fully saturated rings. The van der Waals surface area contributed by atoms with E-state index in [4.69, 9.17) is 9.15 Å². The van der Waals surface area contributed by atoms with Gasteiger partial charge in [-0.15, -0.1) is 0 Å². The van der Waals surface area contributed by atoms with Gasteiger partial charge in [0.25, 0.3) is 11.8 Å². The van der Waals surface area contributed by atoms with Crippen LogP contribution in [0.3, 0.4) is 0 Å². The van der Waals surface area contributed by atoms with Gasteiger partial charge in [0.1, 0.15) is 17.2 Å². The van der Waals surface area contributed by atoms with Crippen LogP contribution in [-0.4, -0.2) is 29.7 Å². The highest BCUT2D eigenvalue weighted by molar-refractivity contribution is 6.36. The van der Waals surface area contributed by atoms with Gasteiger partial charge in [0, 0.05) is 12.6 Å². The fourth-order valence-corrected chi connectivity index (χ4v) is 3.47. The summed E-state index contributed by atoms with van der Waals surface area (Å²) in [6, 6.07) is 17.3. The van der Waals surface area contributed by atoms with Crippen LogP contribution in [0.4, 0.5) is 11.4 Å². The Morgan fingerprint density at radius 3 is 2.41 bits per heavy atom. The third kappa shape index (κ3) is 4.11. The molecule has 0 spiro atoms. The van der Waals surface area contributed by atoms with Crippen LogP contribution < -0.4 is 15.4 Å². The Hall–Kier alpha value is -4.33. The molecule has 2 aromatic carbocycles. The van der Waals surface area contributed by atoms with Crippen LogP contribution >= 0.6 is 0 Å². The molecule has 0 saturated heterocycles. The van der Waals surface area contributed by atoms with E-state index in [-0.39, 0.29) is 23.7 Å². The molecule has 1 aliphatic rings. The Balaban J connectivity index is 1.74. The minimum Gasteiger partial charge on any atom is -0.495 e. The molecule has 2 N–H and O–H groups in total. The molecule has 4 rings (SSSR count). The lowest BCUT2D eigenvalue weighted by Crippen LogP contribution is -2.31. The highest BCUT2D eigenvalue weighted by atomic mass is 16.5. The third-order valence-electron chi connectivity index (χ3n) is 4.92. The quantitative estimate of drug-likeness (QED) is 0.554. The van der Waals surface area contributed by atoms with Crippen molar-refractivity contribution >= 4 is 34.7 Å². The zero-order valence-corrected chi connectivity index (χ0v) is 17.5. The highest BCUT2D eigenvalue weighted by Gasteiger charge is 2.39. The number of methoxy groups -OCH3 is 1. The Labute approximate surface area is 184 Å². The first-order valence-corrected chi connectivity index (χ1v) is 9.89. The van der Waals surface area contributed by atoms with E-state index in [9.17, 15) is 14.4 Å². The molecule has 32 heavy (non-hydrogen) atoms. The lowest BCUT2D eigenvalue weighted by atomic mass is 10.0. The van der Waals surface area contributed by atoms with Gasteiger partial charge in [0.2, 0.25) is 5.91 Å². The predicted molar refractivity (Wildman–Crippen MR) is 119 cm³/mol. The maximum atomic E-state index is 13.3. The van der Waals surface area contributed by atoms with Crippen molar-refractivity contribution in [3.63, 3.8) is 0 Å². The SMILES string of the molecule is COc1ccccc1NC1=C(c2ccc(NC(C)=O)cc2)C(=O)N(Cc2ccco2)C1=O. The third-order valence-corrected chi connectivity index (χ3v) is 4.92. The number of nitrogens with one attached hydrogen (secondary N) is 2. The van der Waals surface area contributed by atoms with Crippen molar-refractivity contribution in [3.05, 3.63) is 83.9 Å². The van der Waals surface area contributed by atoms with Gasteiger partial charge in [-0.1, -0.05) is 24.3 Å². The van der Waals surface area contributed by atoms with E-state index in [1.165, 1.54) is 20.3 Å². The maximum absolute atomic E-state index is 13.3. The smallest absolute Gasteiger partial charge is 0.278 e. The molecule has 1 aliphatic heterocycles. The number of benzene rings is 2. The molecule has 0 bridgehead atoms. The molecule has 0 unspecified atom stereocenters. The minimum atomic E-state index is -0.474. The van der Waals surface area contributed by atoms with Gasteiger partial charge in [-0.25, -0.2) is 0 Å². The fraction of sp³-hybridized carbons (Fsp3) is 0.125. The van der Waals surface area contributed by atoms with Crippen LogP contribution in [0, 0.1) is 0 Å². The summed E-state index contributed by atoms with van der Waals surface area (Å²) in [6.07, 6.45) is 1.49. The van der Waals surface area contributed by atoms with E-state index in [1.54, 1.807) is 54.6 Å². The van der Waals surface area contributed by atoms with Gasteiger partial charge in [-0.2, -0.15) is 0 Å². The number of furan rings is 1. The molecular formula is C24H21N3O5. The molecule has 0 radical (unpaired) electrons. The van der Waals surface area contributed by atoms with E-state index >= 15 is 0 Å². The van der Waals surface area contributed by atoms with Crippen molar-refractivity contribution in [2.45, 2.75) is 13.5 Å². The second-order valence-electron chi connectivity index (χ2n) is 7.11. The predicted octanol–water partition coefficient (Wildman–Crippen LogP) is 3.64. The van der Waals surface area contributed by atoms with E-state index in [0.717, 1.165) is 4.90 Å². The summed E-state index contributed by atoms with van der Waals surface area (Å²) in [5, 5.41) is 5.77. The molecular weight excluding hydrogens is 410 g/mol. The average Bonchev–Trinajstić information content (AvgIpc) is 3.37. The van der Waals surface area contributed by atoms with Crippen molar-refractivity contribution < 1.29 is 23.5 Å². The van der Waals surface area contributed by atoms with E-state index in [2.05, 4.69) is 10.6 Å². The Bertz CT molecular complexity index is 1200. The first-order chi connectivity index (χ1) is 15.5. The first-order valence-electron chi connectivity index (χ1n) is 9.89. The molecule has 162 valence electrons. The average molecular weight is 431 g/mol. The Kier molecular flexibility index (Phi) is 5.76. The van der Waals surface area contributed by atoms with E-state index in [1.807, 2.05) is 6.07 Å². The number of para-hydroxylation sites is 2. The minimum absolute atomic E-state index is 0.00917. The van der Waals surface area contributed by atoms with Crippen LogP contribution in [0.5, 0.6) is 5.75 Å². The zero-order valence-electron chi connectivity index (χ0n) is 17.5. The normalized spacial score (nSPS) is 13.5. The molecule has 0 atom stereocenters. The van der Waals surface area contributed by atoms with Gasteiger partial charge in [-0.3, -0.25) is 19.3 Å². The Morgan fingerprint density at radius 2 is 1.75 bits per heavy atom. The molecule has 3 amide bonds. The van der Waals surface area contributed by atoms with E-state index in [0.29, 0.717) is 28.4 Å². The summed E-state index contributed by atoms with van der Waals surface area (Å²) in [4.78, 5) is 39.0. The van der Waals surface area contributed by atoms with Crippen molar-refractivity contribution in [2.75, 3.05) is 17.7 Å². The monoisotopic (exact) mass is 431 g/mol. The largest absolute Gasteiger partial charge is 0.495 e. The standard InChI is InChI=1S/C24H21N3O5/c1-15(28)25-17-11-9-16(10-12-17)21-22(26-19-7-3-4-8-20(19)31-2)24(30)27(23(21)29)14-18-6-5-13-32-18/h3-13,26H,14H2,1-2H3,(H,25,28). The van der Waals surface area contributed by atoms with Gasteiger partial charge in [0.15, 0.2) is 0 Å². The summed E-state index contributed by atoms with van der Waals surface area (Å²) in [5.41, 5.74) is 2.04. The lowest BCUT2D eigenvalue weighted by Gasteiger charge is -2.14. The van der Waals surface area contributed by atoms with Crippen LogP contribution in [-0.2, 0) is 20.9 Å². The van der Waals surface area contributed by atoms with Crippen LogP contribution in [0.1, 0.15) is 18.2 Å². The van der Waals surface area contributed by atoms with Crippen molar-refractivity contribution in [2.24, 2.45) is 0 Å². The molecule has 3 aromatic rings. The van der Waals surface area contributed by atoms with Crippen LogP contribution in [0.15, 0.2) is 77.0 Å². The van der Waals surface area contributed by atoms with Crippen molar-refractivity contribution in [1.29, 1.82) is 0 Å². The molecule has 8 nitrogen and oxygen atoms in total. The van der Waals surface area contributed by atoms with Gasteiger partial charge < -0.3 is 19.8 Å². The summed E-state index contributed by atoms with van der Waals surface area (Å²) in [6.45, 7) is 1.42. The van der Waals surface area contributed by atoms with Crippen molar-refractivity contribution in [3.8, 4) is 5.75 Å². The number of ether oxygens (including phenoxy) is 1. The van der Waals surface area contributed by atoms with Crippen LogP contribution in [0.25, 0.3) is 5.57 Å². The van der Waals surface area contributed by atoms with Crippen LogP contribution in [0.2, 0.25) is 0 Å². The summed E-state index contributed by atoms with van der Waals surface area (Å²) >= 11 is 0. The number of amides is 3.